The summed E-state index contributed by atoms with van der Waals surface area (Å²) in [6, 6.07) is 13.8. The summed E-state index contributed by atoms with van der Waals surface area (Å²) < 4.78 is 6.14. The van der Waals surface area contributed by atoms with E-state index in [0.29, 0.717) is 5.92 Å². The van der Waals surface area contributed by atoms with Gasteiger partial charge in [0.15, 0.2) is 0 Å². The summed E-state index contributed by atoms with van der Waals surface area (Å²) in [6.07, 6.45) is 0.784. The monoisotopic (exact) mass is 404 g/mol. The number of carboxylic acids is 1. The highest BCUT2D eigenvalue weighted by Crippen LogP contribution is 2.28. The third-order valence-electron chi connectivity index (χ3n) is 5.03. The van der Waals surface area contributed by atoms with Crippen LogP contribution < -0.4 is 4.74 Å². The van der Waals surface area contributed by atoms with Crippen molar-refractivity contribution in [2.45, 2.75) is 52.6 Å². The van der Waals surface area contributed by atoms with E-state index in [-0.39, 0.29) is 18.4 Å². The molecule has 0 saturated carbocycles. The number of hydrogen-bond donors (Lipinski definition) is 2. The Balaban J connectivity index is 1.76. The molecule has 0 radical (unpaired) electrons. The van der Waals surface area contributed by atoms with Gasteiger partial charge in [-0.25, -0.2) is 0 Å². The molecular weight excluding hydrogens is 376 g/mol. The van der Waals surface area contributed by atoms with Gasteiger partial charge in [-0.15, -0.1) is 5.92 Å². The number of carbonyl (C=O) groups is 1. The van der Waals surface area contributed by atoms with Crippen LogP contribution in [0.4, 0.5) is 0 Å². The minimum absolute atomic E-state index is 0.0130. The fraction of sp³-hybridized carbons (Fsp3) is 0.360. The van der Waals surface area contributed by atoms with Crippen LogP contribution in [-0.2, 0) is 11.2 Å². The fourth-order valence-corrected chi connectivity index (χ4v) is 3.53. The van der Waals surface area contributed by atoms with Gasteiger partial charge >= 0.3 is 5.97 Å². The Bertz CT molecular complexity index is 1070. The average molecular weight is 405 g/mol. The van der Waals surface area contributed by atoms with Crippen LogP contribution in [0.25, 0.3) is 10.9 Å². The molecule has 0 aliphatic heterocycles. The van der Waals surface area contributed by atoms with Crippen molar-refractivity contribution in [3.8, 4) is 17.6 Å². The van der Waals surface area contributed by atoms with Crippen molar-refractivity contribution < 1.29 is 14.6 Å². The number of aliphatic carboxylic acids is 1. The highest BCUT2D eigenvalue weighted by Gasteiger charge is 2.15. The summed E-state index contributed by atoms with van der Waals surface area (Å²) in [5, 5.41) is 17.8. The van der Waals surface area contributed by atoms with Gasteiger partial charge in [-0.2, -0.15) is 5.10 Å². The smallest absolute Gasteiger partial charge is 0.304 e. The Hall–Kier alpha value is -3.26. The van der Waals surface area contributed by atoms with E-state index in [9.17, 15) is 4.79 Å². The maximum atomic E-state index is 11.1. The normalized spacial score (nSPS) is 13.0. The van der Waals surface area contributed by atoms with Crippen molar-refractivity contribution in [1.82, 2.24) is 10.2 Å². The largest absolute Gasteiger partial charge is 0.486 e. The third-order valence-corrected chi connectivity index (χ3v) is 5.03. The molecule has 2 N–H and O–H groups in total. The topological polar surface area (TPSA) is 75.2 Å². The Kier molecular flexibility index (Phi) is 6.79. The number of aromatic nitrogens is 2. The number of H-pyrrole nitrogens is 1. The standard InChI is InChI=1S/C25H28N2O3/c1-5-6-20(15-25(28)29)18-7-10-21(11-8-18)30-17(4)19-9-12-23-22(14-19)24(27-26-23)13-16(2)3/h7-12,14,16-17,20H,13,15H2,1-4H3,(H,26,27)(H,28,29)/t17-,20?/m0/s1. The van der Waals surface area contributed by atoms with E-state index < -0.39 is 5.97 Å². The lowest BCUT2D eigenvalue weighted by Crippen LogP contribution is -2.05. The second-order valence-corrected chi connectivity index (χ2v) is 7.95. The van der Waals surface area contributed by atoms with Crippen LogP contribution in [0.15, 0.2) is 42.5 Å². The zero-order chi connectivity index (χ0) is 21.7. The molecule has 0 fully saturated rings. The van der Waals surface area contributed by atoms with Crippen molar-refractivity contribution in [2.24, 2.45) is 5.92 Å². The lowest BCUT2D eigenvalue weighted by molar-refractivity contribution is -0.137. The van der Waals surface area contributed by atoms with E-state index in [1.54, 1.807) is 6.92 Å². The van der Waals surface area contributed by atoms with Gasteiger partial charge in [0.1, 0.15) is 11.9 Å². The summed E-state index contributed by atoms with van der Waals surface area (Å²) in [7, 11) is 0. The third kappa shape index (κ3) is 5.21. The fourth-order valence-electron chi connectivity index (χ4n) is 3.53. The molecule has 5 nitrogen and oxygen atoms in total. The summed E-state index contributed by atoms with van der Waals surface area (Å²) >= 11 is 0. The van der Waals surface area contributed by atoms with Crippen molar-refractivity contribution in [2.75, 3.05) is 0 Å². The van der Waals surface area contributed by atoms with Crippen LogP contribution in [-0.4, -0.2) is 21.3 Å². The predicted octanol–water partition coefficient (Wildman–Crippen LogP) is 5.48. The van der Waals surface area contributed by atoms with Crippen LogP contribution in [0.5, 0.6) is 5.75 Å². The first-order valence-corrected chi connectivity index (χ1v) is 10.2. The average Bonchev–Trinajstić information content (AvgIpc) is 3.09. The molecule has 1 unspecified atom stereocenters. The van der Waals surface area contributed by atoms with Gasteiger partial charge in [0.05, 0.1) is 23.5 Å². The number of nitrogens with zero attached hydrogens (tertiary/aromatic N) is 1. The molecule has 0 bridgehead atoms. The van der Waals surface area contributed by atoms with Crippen molar-refractivity contribution in [3.63, 3.8) is 0 Å². The highest BCUT2D eigenvalue weighted by atomic mass is 16.5. The summed E-state index contributed by atoms with van der Waals surface area (Å²) in [6.45, 7) is 8.12. The second kappa shape index (κ2) is 9.49. The highest BCUT2D eigenvalue weighted by molar-refractivity contribution is 5.82. The Morgan fingerprint density at radius 1 is 1.13 bits per heavy atom. The van der Waals surface area contributed by atoms with E-state index >= 15 is 0 Å². The summed E-state index contributed by atoms with van der Waals surface area (Å²) in [5.41, 5.74) is 4.08. The van der Waals surface area contributed by atoms with Crippen molar-refractivity contribution in [3.05, 3.63) is 59.3 Å². The predicted molar refractivity (Wildman–Crippen MR) is 119 cm³/mol. The van der Waals surface area contributed by atoms with E-state index in [2.05, 4.69) is 48.0 Å². The molecule has 0 saturated heterocycles. The first kappa shape index (κ1) is 21.4. The quantitative estimate of drug-likeness (QED) is 0.487. The van der Waals surface area contributed by atoms with Gasteiger partial charge in [0, 0.05) is 5.39 Å². The Morgan fingerprint density at radius 2 is 1.83 bits per heavy atom. The number of nitrogens with one attached hydrogen (secondary N) is 1. The summed E-state index contributed by atoms with van der Waals surface area (Å²) in [5.74, 6) is 5.88. The molecule has 2 atom stereocenters. The van der Waals surface area contributed by atoms with Gasteiger partial charge < -0.3 is 9.84 Å². The minimum atomic E-state index is -0.858. The molecule has 2 aromatic carbocycles. The first-order valence-electron chi connectivity index (χ1n) is 10.2. The molecule has 0 spiro atoms. The van der Waals surface area contributed by atoms with Gasteiger partial charge in [0.2, 0.25) is 0 Å². The molecule has 0 aliphatic rings. The van der Waals surface area contributed by atoms with Gasteiger partial charge in [-0.3, -0.25) is 9.89 Å². The maximum Gasteiger partial charge on any atom is 0.304 e. The van der Waals surface area contributed by atoms with Gasteiger partial charge in [-0.1, -0.05) is 38.0 Å². The van der Waals surface area contributed by atoms with Crippen LogP contribution in [0.1, 0.15) is 63.0 Å². The number of rotatable bonds is 8. The number of hydrogen-bond acceptors (Lipinski definition) is 3. The number of fused-ring (bicyclic) bond motifs is 1. The van der Waals surface area contributed by atoms with Gasteiger partial charge in [-0.05, 0) is 61.6 Å². The lowest BCUT2D eigenvalue weighted by atomic mass is 9.96. The van der Waals surface area contributed by atoms with Crippen molar-refractivity contribution >= 4 is 16.9 Å². The number of ether oxygens (including phenoxy) is 1. The summed E-state index contributed by atoms with van der Waals surface area (Å²) in [4.78, 5) is 11.1. The van der Waals surface area contributed by atoms with Crippen LogP contribution in [0.3, 0.4) is 0 Å². The minimum Gasteiger partial charge on any atom is -0.486 e. The number of aromatic amines is 1. The number of carboxylic acid groups (broad SMARTS) is 1. The zero-order valence-electron chi connectivity index (χ0n) is 17.9. The van der Waals surface area contributed by atoms with Gasteiger partial charge in [0.25, 0.3) is 0 Å². The van der Waals surface area contributed by atoms with E-state index in [0.717, 1.165) is 39.9 Å². The molecule has 3 rings (SSSR count). The van der Waals surface area contributed by atoms with E-state index in [1.165, 1.54) is 0 Å². The molecule has 0 aliphatic carbocycles. The molecule has 1 aromatic heterocycles. The van der Waals surface area contributed by atoms with Crippen LogP contribution in [0.2, 0.25) is 0 Å². The van der Waals surface area contributed by atoms with E-state index in [1.807, 2.05) is 37.3 Å². The number of benzene rings is 2. The molecular formula is C25H28N2O3. The zero-order valence-corrected chi connectivity index (χ0v) is 17.9. The molecule has 5 heteroatoms. The lowest BCUT2D eigenvalue weighted by Gasteiger charge is -2.16. The Labute approximate surface area is 177 Å². The first-order chi connectivity index (χ1) is 14.4. The molecule has 30 heavy (non-hydrogen) atoms. The molecule has 0 amide bonds. The van der Waals surface area contributed by atoms with Crippen molar-refractivity contribution in [1.29, 1.82) is 0 Å². The molecule has 3 aromatic rings. The van der Waals surface area contributed by atoms with Crippen LogP contribution >= 0.6 is 0 Å². The molecule has 156 valence electrons. The SMILES string of the molecule is CC#CC(CC(=O)O)c1ccc(O[C@@H](C)c2ccc3[nH]nc(CC(C)C)c3c2)cc1. The second-order valence-electron chi connectivity index (χ2n) is 7.95. The maximum absolute atomic E-state index is 11.1. The Morgan fingerprint density at radius 3 is 2.47 bits per heavy atom. The van der Waals surface area contributed by atoms with Crippen LogP contribution in [0, 0.1) is 17.8 Å². The molecule has 1 heterocycles. The van der Waals surface area contributed by atoms with E-state index in [4.69, 9.17) is 9.84 Å².